The molecule has 2 aromatic heterocycles. The number of nitrogens with one attached hydrogen (secondary N) is 2. The minimum Gasteiger partial charge on any atom is -0.361 e. The summed E-state index contributed by atoms with van der Waals surface area (Å²) in [6.45, 7) is 0.629. The van der Waals surface area contributed by atoms with Gasteiger partial charge >= 0.3 is 0 Å². The molecule has 120 valence electrons. The molecule has 1 amide bonds. The molecule has 6 nitrogen and oxygen atoms in total. The number of benzene rings is 1. The van der Waals surface area contributed by atoms with Crippen LogP contribution in [0.3, 0.4) is 0 Å². The molecule has 0 aliphatic heterocycles. The lowest BCUT2D eigenvalue weighted by Gasteiger charge is -2.04. The van der Waals surface area contributed by atoms with E-state index in [1.807, 2.05) is 36.0 Å². The van der Waals surface area contributed by atoms with Crippen molar-refractivity contribution in [1.29, 1.82) is 0 Å². The van der Waals surface area contributed by atoms with Crippen molar-refractivity contribution in [3.05, 3.63) is 42.4 Å². The summed E-state index contributed by atoms with van der Waals surface area (Å²) in [4.78, 5) is 15.2. The van der Waals surface area contributed by atoms with Gasteiger partial charge < -0.3 is 14.9 Å². The Morgan fingerprint density at radius 1 is 1.39 bits per heavy atom. The molecule has 0 radical (unpaired) electrons. The van der Waals surface area contributed by atoms with E-state index in [1.54, 1.807) is 18.1 Å². The molecule has 0 unspecified atom stereocenters. The number of amides is 1. The predicted molar refractivity (Wildman–Crippen MR) is 91.4 cm³/mol. The van der Waals surface area contributed by atoms with Gasteiger partial charge in [0.15, 0.2) is 5.16 Å². The molecule has 7 heteroatoms. The topological polar surface area (TPSA) is 75.6 Å². The summed E-state index contributed by atoms with van der Waals surface area (Å²) in [6, 6.07) is 8.15. The van der Waals surface area contributed by atoms with Crippen LogP contribution in [0.15, 0.2) is 41.9 Å². The fraction of sp³-hybridized carbons (Fsp3) is 0.312. The lowest BCUT2D eigenvalue weighted by atomic mass is 10.1. The van der Waals surface area contributed by atoms with E-state index >= 15 is 0 Å². The van der Waals surface area contributed by atoms with Crippen molar-refractivity contribution in [2.75, 3.05) is 12.3 Å². The Balaban J connectivity index is 1.40. The van der Waals surface area contributed by atoms with Crippen LogP contribution in [0.25, 0.3) is 10.9 Å². The molecule has 0 spiro atoms. The van der Waals surface area contributed by atoms with Crippen molar-refractivity contribution < 1.29 is 4.79 Å². The van der Waals surface area contributed by atoms with E-state index in [0.29, 0.717) is 13.0 Å². The lowest BCUT2D eigenvalue weighted by Crippen LogP contribution is -2.25. The first-order chi connectivity index (χ1) is 11.2. The lowest BCUT2D eigenvalue weighted by molar-refractivity contribution is -0.120. The Hall–Kier alpha value is -2.28. The van der Waals surface area contributed by atoms with Crippen LogP contribution in [-0.4, -0.2) is 38.0 Å². The summed E-state index contributed by atoms with van der Waals surface area (Å²) in [5, 5.41) is 12.8. The zero-order valence-electron chi connectivity index (χ0n) is 13.0. The average molecular weight is 329 g/mol. The van der Waals surface area contributed by atoms with Crippen molar-refractivity contribution in [3.63, 3.8) is 0 Å². The standard InChI is InChI=1S/C16H19N5OS/c1-21-11-19-20-16(21)23-9-8-17-15(22)7-6-12-10-18-14-5-3-2-4-13(12)14/h2-5,10-11,18H,6-9H2,1H3,(H,17,22). The fourth-order valence-electron chi connectivity index (χ4n) is 2.41. The molecule has 0 aliphatic carbocycles. The van der Waals surface area contributed by atoms with Crippen molar-refractivity contribution in [1.82, 2.24) is 25.1 Å². The van der Waals surface area contributed by atoms with E-state index < -0.39 is 0 Å². The highest BCUT2D eigenvalue weighted by molar-refractivity contribution is 7.99. The number of hydrogen-bond donors (Lipinski definition) is 2. The van der Waals surface area contributed by atoms with E-state index in [-0.39, 0.29) is 5.91 Å². The highest BCUT2D eigenvalue weighted by atomic mass is 32.2. The average Bonchev–Trinajstić information content (AvgIpc) is 3.16. The number of fused-ring (bicyclic) bond motifs is 1. The van der Waals surface area contributed by atoms with E-state index in [1.165, 1.54) is 10.9 Å². The summed E-state index contributed by atoms with van der Waals surface area (Å²) in [6.07, 6.45) is 4.90. The number of thioether (sulfide) groups is 1. The molecule has 2 heterocycles. The number of carbonyl (C=O) groups is 1. The van der Waals surface area contributed by atoms with Crippen LogP contribution in [0.5, 0.6) is 0 Å². The Morgan fingerprint density at radius 2 is 2.26 bits per heavy atom. The molecular formula is C16H19N5OS. The van der Waals surface area contributed by atoms with Gasteiger partial charge in [0.1, 0.15) is 6.33 Å². The number of aromatic amines is 1. The highest BCUT2D eigenvalue weighted by Crippen LogP contribution is 2.18. The van der Waals surface area contributed by atoms with Gasteiger partial charge in [-0.3, -0.25) is 4.79 Å². The quantitative estimate of drug-likeness (QED) is 0.514. The first-order valence-corrected chi connectivity index (χ1v) is 8.51. The molecule has 0 bridgehead atoms. The second-order valence-electron chi connectivity index (χ2n) is 5.28. The van der Waals surface area contributed by atoms with Crippen molar-refractivity contribution in [2.45, 2.75) is 18.0 Å². The van der Waals surface area contributed by atoms with Gasteiger partial charge in [-0.2, -0.15) is 0 Å². The Kier molecular flexibility index (Phi) is 4.97. The first kappa shape index (κ1) is 15.6. The molecule has 0 fully saturated rings. The normalized spacial score (nSPS) is 11.0. The number of nitrogens with zero attached hydrogens (tertiary/aromatic N) is 3. The van der Waals surface area contributed by atoms with Crippen LogP contribution in [0.2, 0.25) is 0 Å². The van der Waals surface area contributed by atoms with Gasteiger partial charge in [0.25, 0.3) is 0 Å². The van der Waals surface area contributed by atoms with Gasteiger partial charge in [-0.05, 0) is 18.1 Å². The number of aromatic nitrogens is 4. The van der Waals surface area contributed by atoms with E-state index in [9.17, 15) is 4.79 Å². The largest absolute Gasteiger partial charge is 0.361 e. The Labute approximate surface area is 138 Å². The third-order valence-corrected chi connectivity index (χ3v) is 4.66. The smallest absolute Gasteiger partial charge is 0.220 e. The SMILES string of the molecule is Cn1cnnc1SCCNC(=O)CCc1c[nH]c2ccccc12. The molecule has 0 atom stereocenters. The molecule has 1 aromatic carbocycles. The monoisotopic (exact) mass is 329 g/mol. The van der Waals surface area contributed by atoms with Crippen molar-refractivity contribution in [3.8, 4) is 0 Å². The summed E-state index contributed by atoms with van der Waals surface area (Å²) < 4.78 is 1.86. The van der Waals surface area contributed by atoms with Gasteiger partial charge in [-0.15, -0.1) is 10.2 Å². The van der Waals surface area contributed by atoms with Crippen molar-refractivity contribution >= 4 is 28.6 Å². The maximum atomic E-state index is 11.9. The second kappa shape index (κ2) is 7.32. The molecule has 0 saturated carbocycles. The van der Waals surface area contributed by atoms with Gasteiger partial charge in [0.2, 0.25) is 5.91 Å². The van der Waals surface area contributed by atoms with Crippen LogP contribution >= 0.6 is 11.8 Å². The van der Waals surface area contributed by atoms with E-state index in [0.717, 1.165) is 22.8 Å². The summed E-state index contributed by atoms with van der Waals surface area (Å²) in [5.41, 5.74) is 2.30. The third kappa shape index (κ3) is 3.92. The Bertz CT molecular complexity index is 794. The number of H-pyrrole nitrogens is 1. The van der Waals surface area contributed by atoms with Crippen LogP contribution < -0.4 is 5.32 Å². The van der Waals surface area contributed by atoms with Crippen LogP contribution in [0.4, 0.5) is 0 Å². The summed E-state index contributed by atoms with van der Waals surface area (Å²) in [5.74, 6) is 0.861. The first-order valence-electron chi connectivity index (χ1n) is 7.52. The minimum atomic E-state index is 0.0776. The molecule has 3 rings (SSSR count). The molecule has 0 aliphatic rings. The Morgan fingerprint density at radius 3 is 3.09 bits per heavy atom. The molecule has 2 N–H and O–H groups in total. The zero-order chi connectivity index (χ0) is 16.1. The molecule has 0 saturated heterocycles. The third-order valence-electron chi connectivity index (χ3n) is 3.62. The highest BCUT2D eigenvalue weighted by Gasteiger charge is 2.07. The number of hydrogen-bond acceptors (Lipinski definition) is 4. The number of rotatable bonds is 7. The number of aryl methyl sites for hydroxylation is 2. The number of carbonyl (C=O) groups excluding carboxylic acids is 1. The molecular weight excluding hydrogens is 310 g/mol. The fourth-order valence-corrected chi connectivity index (χ4v) is 3.15. The van der Waals surface area contributed by atoms with E-state index in [4.69, 9.17) is 0 Å². The maximum absolute atomic E-state index is 11.9. The summed E-state index contributed by atoms with van der Waals surface area (Å²) >= 11 is 1.58. The number of para-hydroxylation sites is 1. The van der Waals surface area contributed by atoms with Gasteiger partial charge in [0, 0.05) is 42.9 Å². The second-order valence-corrected chi connectivity index (χ2v) is 6.34. The van der Waals surface area contributed by atoms with Gasteiger partial charge in [-0.25, -0.2) is 0 Å². The molecule has 3 aromatic rings. The van der Waals surface area contributed by atoms with Gasteiger partial charge in [0.05, 0.1) is 0 Å². The minimum absolute atomic E-state index is 0.0776. The van der Waals surface area contributed by atoms with Crippen LogP contribution in [-0.2, 0) is 18.3 Å². The summed E-state index contributed by atoms with van der Waals surface area (Å²) in [7, 11) is 1.90. The predicted octanol–water partition coefficient (Wildman–Crippen LogP) is 2.14. The van der Waals surface area contributed by atoms with Crippen LogP contribution in [0, 0.1) is 0 Å². The zero-order valence-corrected chi connectivity index (χ0v) is 13.8. The van der Waals surface area contributed by atoms with Crippen LogP contribution in [0.1, 0.15) is 12.0 Å². The van der Waals surface area contributed by atoms with E-state index in [2.05, 4.69) is 26.6 Å². The molecule has 23 heavy (non-hydrogen) atoms. The van der Waals surface area contributed by atoms with Gasteiger partial charge in [-0.1, -0.05) is 30.0 Å². The van der Waals surface area contributed by atoms with Crippen molar-refractivity contribution in [2.24, 2.45) is 7.05 Å². The maximum Gasteiger partial charge on any atom is 0.220 e.